The van der Waals surface area contributed by atoms with E-state index in [9.17, 15) is 9.18 Å². The smallest absolute Gasteiger partial charge is 0.245 e. The van der Waals surface area contributed by atoms with Gasteiger partial charge in [0, 0.05) is 18.1 Å². The molecule has 1 amide bonds. The molecule has 0 fully saturated rings. The minimum Gasteiger partial charge on any atom is -0.324 e. The van der Waals surface area contributed by atoms with Crippen LogP contribution in [0.2, 0.25) is 19.6 Å². The Kier molecular flexibility index (Phi) is 4.68. The molecule has 0 aliphatic rings. The Labute approximate surface area is 153 Å². The van der Waals surface area contributed by atoms with Gasteiger partial charge < -0.3 is 11.1 Å². The van der Waals surface area contributed by atoms with Gasteiger partial charge in [-0.1, -0.05) is 31.8 Å². The Morgan fingerprint density at radius 2 is 1.96 bits per heavy atom. The number of rotatable bonds is 4. The number of fused-ring (bicyclic) bond motifs is 1. The maximum atomic E-state index is 14.3. The van der Waals surface area contributed by atoms with Gasteiger partial charge in [-0.25, -0.2) is 4.39 Å². The number of aryl methyl sites for hydroxylation is 1. The van der Waals surface area contributed by atoms with Crippen molar-refractivity contribution in [3.8, 4) is 0 Å². The number of anilines is 1. The van der Waals surface area contributed by atoms with Crippen LogP contribution in [0, 0.1) is 5.82 Å². The lowest BCUT2D eigenvalue weighted by atomic mass is 10.0. The van der Waals surface area contributed by atoms with Crippen molar-refractivity contribution in [2.45, 2.75) is 25.7 Å². The maximum absolute atomic E-state index is 14.3. The van der Waals surface area contributed by atoms with Gasteiger partial charge in [0.25, 0.3) is 0 Å². The van der Waals surface area contributed by atoms with E-state index in [1.54, 1.807) is 23.0 Å². The molecule has 1 unspecified atom stereocenters. The largest absolute Gasteiger partial charge is 0.324 e. The van der Waals surface area contributed by atoms with E-state index in [0.29, 0.717) is 11.3 Å². The van der Waals surface area contributed by atoms with E-state index in [1.165, 1.54) is 6.07 Å². The van der Waals surface area contributed by atoms with Crippen LogP contribution < -0.4 is 16.2 Å². The van der Waals surface area contributed by atoms with Crippen molar-refractivity contribution in [3.05, 3.63) is 54.0 Å². The molecule has 0 aliphatic carbocycles. The summed E-state index contributed by atoms with van der Waals surface area (Å²) in [6.45, 7) is 6.23. The van der Waals surface area contributed by atoms with Gasteiger partial charge >= 0.3 is 0 Å². The van der Waals surface area contributed by atoms with Crippen molar-refractivity contribution in [3.63, 3.8) is 0 Å². The molecule has 3 N–H and O–H groups in total. The molecule has 0 aliphatic heterocycles. The molecule has 7 heteroatoms. The fraction of sp³-hybridized carbons (Fsp3) is 0.263. The second-order valence-corrected chi connectivity index (χ2v) is 12.5. The summed E-state index contributed by atoms with van der Waals surface area (Å²) in [5, 5.41) is 8.54. The molecular formula is C19H23FN4OSi. The number of hydrogen-bond acceptors (Lipinski definition) is 3. The predicted octanol–water partition coefficient (Wildman–Crippen LogP) is 2.90. The Hall–Kier alpha value is -2.51. The predicted molar refractivity (Wildman–Crippen MR) is 106 cm³/mol. The van der Waals surface area contributed by atoms with E-state index < -0.39 is 14.1 Å². The summed E-state index contributed by atoms with van der Waals surface area (Å²) in [5.74, 6) is -0.666. The monoisotopic (exact) mass is 370 g/mol. The van der Waals surface area contributed by atoms with E-state index in [1.807, 2.05) is 25.2 Å². The third-order valence-electron chi connectivity index (χ3n) is 4.46. The molecule has 0 radical (unpaired) electrons. The SMILES string of the molecule is Cn1ncc2cc(C(N)C(=O)Nc3ccc([Si](C)(C)C)c(F)c3)ccc21. The van der Waals surface area contributed by atoms with Crippen molar-refractivity contribution >= 4 is 35.8 Å². The van der Waals surface area contributed by atoms with Gasteiger partial charge in [-0.2, -0.15) is 5.10 Å². The quantitative estimate of drug-likeness (QED) is 0.694. The molecule has 0 spiro atoms. The molecule has 26 heavy (non-hydrogen) atoms. The highest BCUT2D eigenvalue weighted by Gasteiger charge is 2.22. The average Bonchev–Trinajstić information content (AvgIpc) is 2.93. The summed E-state index contributed by atoms with van der Waals surface area (Å²) < 4.78 is 16.1. The highest BCUT2D eigenvalue weighted by atomic mass is 28.3. The summed E-state index contributed by atoms with van der Waals surface area (Å²) in [5.41, 5.74) is 8.15. The first kappa shape index (κ1) is 18.3. The molecule has 1 aromatic heterocycles. The lowest BCUT2D eigenvalue weighted by Crippen LogP contribution is -2.40. The van der Waals surface area contributed by atoms with Crippen molar-refractivity contribution in [1.82, 2.24) is 9.78 Å². The number of aromatic nitrogens is 2. The van der Waals surface area contributed by atoms with Crippen molar-refractivity contribution in [2.24, 2.45) is 12.8 Å². The number of hydrogen-bond donors (Lipinski definition) is 2. The van der Waals surface area contributed by atoms with Crippen LogP contribution in [0.4, 0.5) is 10.1 Å². The van der Waals surface area contributed by atoms with Crippen LogP contribution in [0.5, 0.6) is 0 Å². The van der Waals surface area contributed by atoms with Gasteiger partial charge in [0.1, 0.15) is 11.9 Å². The Balaban J connectivity index is 1.79. The van der Waals surface area contributed by atoms with E-state index in [-0.39, 0.29) is 11.7 Å². The fourth-order valence-electron chi connectivity index (χ4n) is 2.95. The second-order valence-electron chi connectivity index (χ2n) is 7.50. The average molecular weight is 371 g/mol. The van der Waals surface area contributed by atoms with Gasteiger partial charge in [0.2, 0.25) is 5.91 Å². The molecule has 3 aromatic rings. The fourth-order valence-corrected chi connectivity index (χ4v) is 4.32. The highest BCUT2D eigenvalue weighted by Crippen LogP contribution is 2.20. The number of nitrogens with two attached hydrogens (primary N) is 1. The van der Waals surface area contributed by atoms with Crippen LogP contribution in [0.3, 0.4) is 0 Å². The molecule has 5 nitrogen and oxygen atoms in total. The standard InChI is InChI=1S/C19H23FN4OSi/c1-24-16-7-5-12(9-13(16)11-22-24)18(21)19(25)23-14-6-8-17(15(20)10-14)26(2,3)4/h5-11,18H,21H2,1-4H3,(H,23,25). The first-order valence-corrected chi connectivity index (χ1v) is 11.9. The summed E-state index contributed by atoms with van der Waals surface area (Å²) in [4.78, 5) is 12.5. The molecule has 136 valence electrons. The van der Waals surface area contributed by atoms with Gasteiger partial charge in [-0.15, -0.1) is 0 Å². The van der Waals surface area contributed by atoms with E-state index in [4.69, 9.17) is 5.73 Å². The zero-order chi connectivity index (χ0) is 19.1. The van der Waals surface area contributed by atoms with Crippen molar-refractivity contribution < 1.29 is 9.18 Å². The topological polar surface area (TPSA) is 72.9 Å². The number of benzene rings is 2. The van der Waals surface area contributed by atoms with Crippen LogP contribution in [0.25, 0.3) is 10.9 Å². The second kappa shape index (κ2) is 6.66. The van der Waals surface area contributed by atoms with Gasteiger partial charge in [-0.05, 0) is 35.0 Å². The third-order valence-corrected chi connectivity index (χ3v) is 6.48. The summed E-state index contributed by atoms with van der Waals surface area (Å²) >= 11 is 0. The summed E-state index contributed by atoms with van der Waals surface area (Å²) in [6.07, 6.45) is 1.73. The van der Waals surface area contributed by atoms with Gasteiger partial charge in [0.05, 0.1) is 19.8 Å². The first-order valence-electron chi connectivity index (χ1n) is 8.45. The minimum atomic E-state index is -1.76. The third kappa shape index (κ3) is 3.54. The number of halogens is 1. The normalized spacial score (nSPS) is 13.0. The Bertz CT molecular complexity index is 977. The lowest BCUT2D eigenvalue weighted by molar-refractivity contribution is -0.117. The molecule has 1 atom stereocenters. The van der Waals surface area contributed by atoms with E-state index >= 15 is 0 Å². The van der Waals surface area contributed by atoms with Crippen LogP contribution in [0.15, 0.2) is 42.6 Å². The van der Waals surface area contributed by atoms with Crippen molar-refractivity contribution in [2.75, 3.05) is 5.32 Å². The number of amides is 1. The molecule has 0 saturated carbocycles. The first-order chi connectivity index (χ1) is 12.2. The Morgan fingerprint density at radius 3 is 2.62 bits per heavy atom. The van der Waals surface area contributed by atoms with Gasteiger partial charge in [-0.3, -0.25) is 9.48 Å². The van der Waals surface area contributed by atoms with Crippen LogP contribution in [-0.4, -0.2) is 23.8 Å². The van der Waals surface area contributed by atoms with Crippen LogP contribution in [-0.2, 0) is 11.8 Å². The summed E-state index contributed by atoms with van der Waals surface area (Å²) in [7, 11) is 0.0948. The van der Waals surface area contributed by atoms with Crippen LogP contribution in [0.1, 0.15) is 11.6 Å². The zero-order valence-corrected chi connectivity index (χ0v) is 16.4. The van der Waals surface area contributed by atoms with E-state index in [0.717, 1.165) is 16.1 Å². The number of nitrogens with zero attached hydrogens (tertiary/aromatic N) is 2. The molecule has 3 rings (SSSR count). The number of nitrogens with one attached hydrogen (secondary N) is 1. The van der Waals surface area contributed by atoms with Gasteiger partial charge in [0.15, 0.2) is 0 Å². The minimum absolute atomic E-state index is 0.285. The number of carbonyl (C=O) groups is 1. The lowest BCUT2D eigenvalue weighted by Gasteiger charge is -2.19. The highest BCUT2D eigenvalue weighted by molar-refractivity contribution is 6.88. The maximum Gasteiger partial charge on any atom is 0.245 e. The Morgan fingerprint density at radius 1 is 1.23 bits per heavy atom. The molecule has 1 heterocycles. The molecule has 2 aromatic carbocycles. The van der Waals surface area contributed by atoms with Crippen molar-refractivity contribution in [1.29, 1.82) is 0 Å². The number of carbonyl (C=O) groups excluding carboxylic acids is 1. The zero-order valence-electron chi connectivity index (χ0n) is 15.4. The van der Waals surface area contributed by atoms with E-state index in [2.05, 4.69) is 30.1 Å². The molecular weight excluding hydrogens is 347 g/mol. The van der Waals surface area contributed by atoms with Crippen LogP contribution >= 0.6 is 0 Å². The molecule has 0 saturated heterocycles. The molecule has 0 bridgehead atoms. The summed E-state index contributed by atoms with van der Waals surface area (Å²) in [6, 6.07) is 9.54.